The van der Waals surface area contributed by atoms with E-state index in [4.69, 9.17) is 23.5 Å². The number of nitrogens with one attached hydrogen (secondary N) is 1. The molecule has 0 aromatic heterocycles. The van der Waals surface area contributed by atoms with Gasteiger partial charge in [-0.25, -0.2) is 9.59 Å². The van der Waals surface area contributed by atoms with Crippen molar-refractivity contribution in [1.82, 2.24) is 10.2 Å². The molecule has 0 bridgehead atoms. The summed E-state index contributed by atoms with van der Waals surface area (Å²) in [6, 6.07) is 9.62. The van der Waals surface area contributed by atoms with E-state index in [-0.39, 0.29) is 13.2 Å². The van der Waals surface area contributed by atoms with Gasteiger partial charge in [0.1, 0.15) is 12.2 Å². The van der Waals surface area contributed by atoms with Crippen LogP contribution in [-0.2, 0) is 29.9 Å². The molecule has 36 heavy (non-hydrogen) atoms. The van der Waals surface area contributed by atoms with Crippen molar-refractivity contribution in [3.8, 4) is 0 Å². The summed E-state index contributed by atoms with van der Waals surface area (Å²) < 4.78 is 29.0. The monoisotopic (exact) mass is 504 g/mol. The van der Waals surface area contributed by atoms with Crippen LogP contribution in [-0.4, -0.2) is 79.4 Å². The topological polar surface area (TPSA) is 95.6 Å². The van der Waals surface area contributed by atoms with E-state index in [9.17, 15) is 9.59 Å². The Morgan fingerprint density at radius 1 is 1.14 bits per heavy atom. The van der Waals surface area contributed by atoms with E-state index in [2.05, 4.69) is 5.32 Å². The third-order valence-electron chi connectivity index (χ3n) is 6.75. The van der Waals surface area contributed by atoms with Gasteiger partial charge in [0.15, 0.2) is 0 Å². The maximum absolute atomic E-state index is 12.9. The van der Waals surface area contributed by atoms with E-state index in [1.807, 2.05) is 78.8 Å². The van der Waals surface area contributed by atoms with Crippen molar-refractivity contribution in [2.75, 3.05) is 26.4 Å². The highest BCUT2D eigenvalue weighted by Gasteiger charge is 2.54. The minimum atomic E-state index is -0.623. The smallest absolute Gasteiger partial charge is 0.447 e. The van der Waals surface area contributed by atoms with Crippen LogP contribution in [0.4, 0.5) is 9.59 Å². The quantitative estimate of drug-likeness (QED) is 0.562. The zero-order valence-corrected chi connectivity index (χ0v) is 22.7. The zero-order chi connectivity index (χ0) is 26.6. The second-order valence-corrected chi connectivity index (χ2v) is 11.4. The molecule has 9 nitrogen and oxygen atoms in total. The third-order valence-corrected chi connectivity index (χ3v) is 6.75. The first-order chi connectivity index (χ1) is 16.8. The van der Waals surface area contributed by atoms with Crippen LogP contribution in [0.25, 0.3) is 0 Å². The molecule has 0 aliphatic carbocycles. The van der Waals surface area contributed by atoms with Crippen molar-refractivity contribution in [2.45, 2.75) is 90.1 Å². The molecular weight excluding hydrogens is 463 g/mol. The number of aryl methyl sites for hydroxylation is 1. The summed E-state index contributed by atoms with van der Waals surface area (Å²) in [5.74, 6) is -0.427. The van der Waals surface area contributed by atoms with Gasteiger partial charge in [-0.15, -0.1) is 0 Å². The number of hydrogen-bond acceptors (Lipinski definition) is 7. The van der Waals surface area contributed by atoms with Crippen LogP contribution in [0, 0.1) is 0 Å². The Balaban J connectivity index is 1.62. The number of carbonyl (C=O) groups is 2. The molecule has 200 valence electrons. The van der Waals surface area contributed by atoms with E-state index < -0.39 is 48.1 Å². The fourth-order valence-electron chi connectivity index (χ4n) is 4.01. The van der Waals surface area contributed by atoms with Crippen LogP contribution in [0.3, 0.4) is 0 Å². The Kier molecular flexibility index (Phi) is 8.95. The third kappa shape index (κ3) is 7.60. The van der Waals surface area contributed by atoms with Crippen molar-refractivity contribution >= 4 is 19.3 Å². The second-order valence-electron chi connectivity index (χ2n) is 11.4. The average molecular weight is 504 g/mol. The first-order valence-electron chi connectivity index (χ1n) is 12.7. The van der Waals surface area contributed by atoms with Crippen LogP contribution in [0.2, 0.25) is 0 Å². The lowest BCUT2D eigenvalue weighted by Gasteiger charge is -2.36. The van der Waals surface area contributed by atoms with E-state index in [0.717, 1.165) is 12.0 Å². The van der Waals surface area contributed by atoms with Gasteiger partial charge in [-0.1, -0.05) is 30.3 Å². The van der Waals surface area contributed by atoms with Crippen LogP contribution in [0.15, 0.2) is 30.3 Å². The van der Waals surface area contributed by atoms with Crippen molar-refractivity contribution in [3.05, 3.63) is 35.9 Å². The molecule has 2 atom stereocenters. The van der Waals surface area contributed by atoms with Crippen LogP contribution >= 0.6 is 0 Å². The van der Waals surface area contributed by atoms with Gasteiger partial charge in [0.05, 0.1) is 36.4 Å². The molecule has 0 unspecified atom stereocenters. The predicted octanol–water partition coefficient (Wildman–Crippen LogP) is 3.98. The highest BCUT2D eigenvalue weighted by atomic mass is 16.7. The average Bonchev–Trinajstić information content (AvgIpc) is 3.01. The van der Waals surface area contributed by atoms with Crippen LogP contribution in [0.1, 0.15) is 60.5 Å². The van der Waals surface area contributed by atoms with Gasteiger partial charge in [-0.2, -0.15) is 0 Å². The van der Waals surface area contributed by atoms with Crippen molar-refractivity contribution in [3.63, 3.8) is 0 Å². The fraction of sp³-hybridized carbons (Fsp3) is 0.692. The predicted molar refractivity (Wildman–Crippen MR) is 137 cm³/mol. The lowest BCUT2D eigenvalue weighted by atomic mass is 9.75. The van der Waals surface area contributed by atoms with Gasteiger partial charge in [0.25, 0.3) is 0 Å². The standard InChI is InChI=1S/C26H41BN2O7/c1-24(2,3)34-23(31)29-15-16-32-17-20(29)18-33-22(30)28-21(14-13-19-11-9-8-10-12-19)27-35-25(4,5)26(6,7)36-27/h8-12,20-21H,13-18H2,1-7H3,(H,28,30)/t20-,21+/m1/s1. The van der Waals surface area contributed by atoms with Gasteiger partial charge in [0.2, 0.25) is 0 Å². The lowest BCUT2D eigenvalue weighted by molar-refractivity contribution is -0.0461. The molecule has 2 aliphatic rings. The summed E-state index contributed by atoms with van der Waals surface area (Å²) in [7, 11) is -0.623. The number of hydrogen-bond donors (Lipinski definition) is 1. The molecule has 1 aromatic carbocycles. The first-order valence-corrected chi connectivity index (χ1v) is 12.7. The summed E-state index contributed by atoms with van der Waals surface area (Å²) >= 11 is 0. The molecule has 2 aliphatic heterocycles. The molecular formula is C26H41BN2O7. The number of ether oxygens (including phenoxy) is 3. The van der Waals surface area contributed by atoms with Gasteiger partial charge < -0.3 is 28.8 Å². The Hall–Kier alpha value is -2.30. The largest absolute Gasteiger partial charge is 0.482 e. The highest BCUT2D eigenvalue weighted by molar-refractivity contribution is 6.48. The number of carbonyl (C=O) groups excluding carboxylic acids is 2. The SMILES string of the molecule is CC(C)(C)OC(=O)N1CCOC[C@@H]1COC(=O)N[C@@H](CCc1ccccc1)B1OC(C)(C)C(C)(C)O1. The number of rotatable bonds is 7. The van der Waals surface area contributed by atoms with Gasteiger partial charge in [0, 0.05) is 6.54 Å². The maximum atomic E-state index is 12.9. The van der Waals surface area contributed by atoms with Crippen molar-refractivity contribution in [2.24, 2.45) is 0 Å². The molecule has 3 rings (SSSR count). The number of alkyl carbamates (subject to hydrolysis) is 1. The molecule has 2 fully saturated rings. The summed E-state index contributed by atoms with van der Waals surface area (Å²) in [5.41, 5.74) is -0.516. The van der Waals surface area contributed by atoms with E-state index in [1.54, 1.807) is 4.90 Å². The highest BCUT2D eigenvalue weighted by Crippen LogP contribution is 2.38. The van der Waals surface area contributed by atoms with E-state index >= 15 is 0 Å². The summed E-state index contributed by atoms with van der Waals surface area (Å²) in [6.07, 6.45) is 0.292. The number of nitrogens with zero attached hydrogens (tertiary/aromatic N) is 1. The summed E-state index contributed by atoms with van der Waals surface area (Å²) in [6.45, 7) is 14.4. The first kappa shape index (κ1) is 28.3. The van der Waals surface area contributed by atoms with Crippen LogP contribution < -0.4 is 5.32 Å². The fourth-order valence-corrected chi connectivity index (χ4v) is 4.01. The Bertz CT molecular complexity index is 872. The second kappa shape index (κ2) is 11.4. The van der Waals surface area contributed by atoms with Crippen LogP contribution in [0.5, 0.6) is 0 Å². The summed E-state index contributed by atoms with van der Waals surface area (Å²) in [5, 5.41) is 2.94. The normalized spacial score (nSPS) is 22.1. The molecule has 1 N–H and O–H groups in total. The van der Waals surface area contributed by atoms with Crippen molar-refractivity contribution in [1.29, 1.82) is 0 Å². The minimum Gasteiger partial charge on any atom is -0.447 e. The minimum absolute atomic E-state index is 0.0140. The molecule has 0 radical (unpaired) electrons. The molecule has 2 heterocycles. The van der Waals surface area contributed by atoms with Gasteiger partial charge in [-0.05, 0) is 66.9 Å². The zero-order valence-electron chi connectivity index (χ0n) is 22.7. The molecule has 2 saturated heterocycles. The lowest BCUT2D eigenvalue weighted by Crippen LogP contribution is -2.53. The Morgan fingerprint density at radius 2 is 1.78 bits per heavy atom. The molecule has 1 aromatic rings. The molecule has 2 amide bonds. The number of morpholine rings is 1. The molecule has 10 heteroatoms. The molecule has 0 saturated carbocycles. The van der Waals surface area contributed by atoms with Gasteiger partial charge in [-0.3, -0.25) is 4.90 Å². The number of amides is 2. The Labute approximate surface area is 215 Å². The number of benzene rings is 1. The maximum Gasteiger partial charge on any atom is 0.482 e. The van der Waals surface area contributed by atoms with Crippen molar-refractivity contribution < 1.29 is 33.1 Å². The van der Waals surface area contributed by atoms with E-state index in [1.165, 1.54) is 0 Å². The summed E-state index contributed by atoms with van der Waals surface area (Å²) in [4.78, 5) is 27.1. The molecule has 0 spiro atoms. The Morgan fingerprint density at radius 3 is 2.39 bits per heavy atom. The van der Waals surface area contributed by atoms with Gasteiger partial charge >= 0.3 is 19.3 Å². The van der Waals surface area contributed by atoms with E-state index in [0.29, 0.717) is 19.6 Å².